The van der Waals surface area contributed by atoms with E-state index in [4.69, 9.17) is 9.11 Å². The topological polar surface area (TPSA) is 232 Å². The molecule has 2 amide bonds. The summed E-state index contributed by atoms with van der Waals surface area (Å²) in [5, 5.41) is 31.9. The van der Waals surface area contributed by atoms with Gasteiger partial charge in [0.05, 0.1) is 34.0 Å². The molecule has 16 heteroatoms. The highest BCUT2D eigenvalue weighted by atomic mass is 32.2. The number of carbonyl (C=O) groups excluding carboxylic acids is 2. The lowest BCUT2D eigenvalue weighted by atomic mass is 10.1. The van der Waals surface area contributed by atoms with Crippen molar-refractivity contribution in [2.45, 2.75) is 0 Å². The molecule has 0 aromatic heterocycles. The number of hydrogen-bond donors (Lipinski definition) is 6. The Morgan fingerprint density at radius 1 is 0.706 bits per heavy atom. The SMILES string of the molecule is O=C(NCCS(=O)(=O)O)c1cc(/N=N/c2ccc(O)c(C(=O)NCCS(=O)(=O)O)c2)ccc1O. The Morgan fingerprint density at radius 2 is 1.06 bits per heavy atom. The van der Waals surface area contributed by atoms with E-state index in [0.717, 1.165) is 24.3 Å². The second-order valence-corrected chi connectivity index (χ2v) is 9.83. The molecule has 2 aromatic rings. The summed E-state index contributed by atoms with van der Waals surface area (Å²) in [5.41, 5.74) is -0.275. The molecule has 0 fully saturated rings. The fourth-order valence-electron chi connectivity index (χ4n) is 2.43. The highest BCUT2D eigenvalue weighted by molar-refractivity contribution is 7.86. The number of nitrogens with one attached hydrogen (secondary N) is 2. The van der Waals surface area contributed by atoms with Crippen LogP contribution < -0.4 is 10.6 Å². The van der Waals surface area contributed by atoms with Gasteiger partial charge in [-0.15, -0.1) is 0 Å². The Hall–Kier alpha value is -3.60. The van der Waals surface area contributed by atoms with Crippen LogP contribution >= 0.6 is 0 Å². The van der Waals surface area contributed by atoms with E-state index in [1.165, 1.54) is 12.1 Å². The zero-order valence-electron chi connectivity index (χ0n) is 17.2. The van der Waals surface area contributed by atoms with Crippen LogP contribution in [0.5, 0.6) is 11.5 Å². The minimum Gasteiger partial charge on any atom is -0.507 e. The Labute approximate surface area is 193 Å². The van der Waals surface area contributed by atoms with E-state index < -0.39 is 68.1 Å². The summed E-state index contributed by atoms with van der Waals surface area (Å²) in [6.07, 6.45) is 0. The molecule has 2 rings (SSSR count). The van der Waals surface area contributed by atoms with Gasteiger partial charge in [0.2, 0.25) is 0 Å². The van der Waals surface area contributed by atoms with Crippen LogP contribution in [0, 0.1) is 0 Å². The van der Waals surface area contributed by atoms with E-state index in [1.807, 2.05) is 0 Å². The first-order valence-electron chi connectivity index (χ1n) is 9.30. The molecule has 184 valence electrons. The van der Waals surface area contributed by atoms with E-state index in [-0.39, 0.29) is 22.5 Å². The highest BCUT2D eigenvalue weighted by Crippen LogP contribution is 2.27. The number of amides is 2. The van der Waals surface area contributed by atoms with Gasteiger partial charge in [0.1, 0.15) is 11.5 Å². The predicted molar refractivity (Wildman–Crippen MR) is 118 cm³/mol. The number of aromatic hydroxyl groups is 2. The number of phenols is 2. The van der Waals surface area contributed by atoms with Crippen LogP contribution in [0.1, 0.15) is 20.7 Å². The lowest BCUT2D eigenvalue weighted by Crippen LogP contribution is -2.28. The van der Waals surface area contributed by atoms with Crippen molar-refractivity contribution in [2.24, 2.45) is 10.2 Å². The van der Waals surface area contributed by atoms with E-state index in [0.29, 0.717) is 0 Å². The minimum absolute atomic E-state index is 0.102. The lowest BCUT2D eigenvalue weighted by molar-refractivity contribution is 0.0944. The smallest absolute Gasteiger partial charge is 0.266 e. The fourth-order valence-corrected chi connectivity index (χ4v) is 3.15. The van der Waals surface area contributed by atoms with Crippen molar-refractivity contribution < 1.29 is 45.7 Å². The van der Waals surface area contributed by atoms with Gasteiger partial charge in [-0.2, -0.15) is 27.1 Å². The average Bonchev–Trinajstić information content (AvgIpc) is 2.72. The summed E-state index contributed by atoms with van der Waals surface area (Å²) in [7, 11) is -8.56. The van der Waals surface area contributed by atoms with Crippen molar-refractivity contribution in [1.29, 1.82) is 0 Å². The van der Waals surface area contributed by atoms with Gasteiger partial charge in [0, 0.05) is 13.1 Å². The van der Waals surface area contributed by atoms with Gasteiger partial charge in [0.15, 0.2) is 0 Å². The molecule has 0 atom stereocenters. The third-order valence-electron chi connectivity index (χ3n) is 4.02. The molecular formula is C18H20N4O10S2. The zero-order valence-corrected chi connectivity index (χ0v) is 18.9. The van der Waals surface area contributed by atoms with Crippen molar-refractivity contribution in [3.63, 3.8) is 0 Å². The Kier molecular flexibility index (Phi) is 8.63. The first-order valence-corrected chi connectivity index (χ1v) is 12.5. The Morgan fingerprint density at radius 3 is 1.38 bits per heavy atom. The number of nitrogens with zero attached hydrogens (tertiary/aromatic N) is 2. The highest BCUT2D eigenvalue weighted by Gasteiger charge is 2.15. The molecule has 0 aliphatic rings. The van der Waals surface area contributed by atoms with Gasteiger partial charge < -0.3 is 20.8 Å². The number of azo groups is 1. The molecule has 0 unspecified atom stereocenters. The molecule has 0 saturated carbocycles. The molecule has 6 N–H and O–H groups in total. The van der Waals surface area contributed by atoms with Crippen molar-refractivity contribution in [3.05, 3.63) is 47.5 Å². The molecule has 2 aromatic carbocycles. The Balaban J connectivity index is 2.14. The summed E-state index contributed by atoms with van der Waals surface area (Å²) in [5.74, 6) is -3.93. The molecule has 0 saturated heterocycles. The van der Waals surface area contributed by atoms with E-state index in [9.17, 15) is 36.6 Å². The van der Waals surface area contributed by atoms with E-state index in [1.54, 1.807) is 0 Å². The third kappa shape index (κ3) is 8.74. The average molecular weight is 517 g/mol. The number of benzene rings is 2. The van der Waals surface area contributed by atoms with Gasteiger partial charge in [-0.3, -0.25) is 18.7 Å². The maximum Gasteiger partial charge on any atom is 0.266 e. The van der Waals surface area contributed by atoms with Gasteiger partial charge >= 0.3 is 0 Å². The van der Waals surface area contributed by atoms with Crippen LogP contribution in [0.25, 0.3) is 0 Å². The number of phenolic OH excluding ortho intramolecular Hbond substituents is 2. The summed E-state index contributed by atoms with van der Waals surface area (Å²) in [6.45, 7) is -0.795. The molecule has 0 aliphatic carbocycles. The maximum absolute atomic E-state index is 12.1. The normalized spacial score (nSPS) is 11.9. The second kappa shape index (κ2) is 11.0. The van der Waals surface area contributed by atoms with Crippen LogP contribution in [0.4, 0.5) is 11.4 Å². The first kappa shape index (κ1) is 26.7. The van der Waals surface area contributed by atoms with Crippen LogP contribution in [0.2, 0.25) is 0 Å². The van der Waals surface area contributed by atoms with Gasteiger partial charge in [0.25, 0.3) is 32.1 Å². The monoisotopic (exact) mass is 516 g/mol. The summed E-state index contributed by atoms with van der Waals surface area (Å²) >= 11 is 0. The molecule has 14 nitrogen and oxygen atoms in total. The Bertz CT molecular complexity index is 1220. The number of carbonyl (C=O) groups is 2. The van der Waals surface area contributed by atoms with Gasteiger partial charge in [-0.1, -0.05) is 0 Å². The summed E-state index contributed by atoms with van der Waals surface area (Å²) < 4.78 is 60.3. The molecule has 0 radical (unpaired) electrons. The number of rotatable bonds is 10. The van der Waals surface area contributed by atoms with Crippen LogP contribution in [0.15, 0.2) is 46.6 Å². The lowest BCUT2D eigenvalue weighted by Gasteiger charge is -2.07. The largest absolute Gasteiger partial charge is 0.507 e. The maximum atomic E-state index is 12.1. The van der Waals surface area contributed by atoms with E-state index in [2.05, 4.69) is 20.9 Å². The number of hydrogen-bond acceptors (Lipinski definition) is 10. The zero-order chi connectivity index (χ0) is 25.5. The molecule has 34 heavy (non-hydrogen) atoms. The molecule has 0 bridgehead atoms. The van der Waals surface area contributed by atoms with Crippen LogP contribution in [0.3, 0.4) is 0 Å². The van der Waals surface area contributed by atoms with E-state index >= 15 is 0 Å². The minimum atomic E-state index is -4.28. The van der Waals surface area contributed by atoms with Gasteiger partial charge in [-0.25, -0.2) is 0 Å². The summed E-state index contributed by atoms with van der Waals surface area (Å²) in [6, 6.07) is 7.25. The molecule has 0 spiro atoms. The van der Waals surface area contributed by atoms with Crippen molar-refractivity contribution in [2.75, 3.05) is 24.6 Å². The predicted octanol–water partition coefficient (Wildman–Crippen LogP) is 0.748. The first-order chi connectivity index (χ1) is 15.7. The molecule has 0 heterocycles. The molecule has 0 aliphatic heterocycles. The fraction of sp³-hybridized carbons (Fsp3) is 0.222. The van der Waals surface area contributed by atoms with Crippen molar-refractivity contribution >= 4 is 43.4 Å². The summed E-state index contributed by atoms with van der Waals surface area (Å²) in [4.78, 5) is 24.3. The molecular weight excluding hydrogens is 496 g/mol. The van der Waals surface area contributed by atoms with Crippen molar-refractivity contribution in [3.8, 4) is 11.5 Å². The van der Waals surface area contributed by atoms with Crippen LogP contribution in [-0.2, 0) is 20.2 Å². The second-order valence-electron chi connectivity index (χ2n) is 6.69. The van der Waals surface area contributed by atoms with Gasteiger partial charge in [-0.05, 0) is 36.4 Å². The van der Waals surface area contributed by atoms with Crippen LogP contribution in [-0.4, -0.2) is 72.6 Å². The van der Waals surface area contributed by atoms with Crippen molar-refractivity contribution in [1.82, 2.24) is 10.6 Å². The third-order valence-corrected chi connectivity index (χ3v) is 5.46. The quantitative estimate of drug-likeness (QED) is 0.191. The standard InChI is InChI=1S/C18H20N4O10S2/c23-15-3-1-11(9-13(15)17(25)19-5-7-33(27,28)29)21-22-12-2-4-16(24)14(10-12)18(26)20-6-8-34(30,31)32/h1-4,9-10,23-24H,5-8H2,(H,19,25)(H,20,26)(H,27,28,29)(H,30,31,32)/b22-21+.